The van der Waals surface area contributed by atoms with E-state index in [2.05, 4.69) is 25.0 Å². The topological polar surface area (TPSA) is 96.9 Å². The first-order valence-corrected chi connectivity index (χ1v) is 6.52. The highest BCUT2D eigenvalue weighted by Crippen LogP contribution is 2.20. The van der Waals surface area contributed by atoms with Gasteiger partial charge in [-0.05, 0) is 6.07 Å². The summed E-state index contributed by atoms with van der Waals surface area (Å²) in [6.45, 7) is 0. The average molecular weight is 265 g/mol. The maximum atomic E-state index is 12.1. The van der Waals surface area contributed by atoms with Crippen LogP contribution in [-0.4, -0.2) is 30.4 Å². The van der Waals surface area contributed by atoms with Gasteiger partial charge in [-0.3, -0.25) is 14.7 Å². The van der Waals surface area contributed by atoms with Gasteiger partial charge in [0.25, 0.3) is 10.0 Å². The highest BCUT2D eigenvalue weighted by Gasteiger charge is 2.18. The summed E-state index contributed by atoms with van der Waals surface area (Å²) in [4.78, 5) is 11.5. The molecule has 0 saturated heterocycles. The summed E-state index contributed by atoms with van der Waals surface area (Å²) >= 11 is 0. The Morgan fingerprint density at radius 3 is 2.56 bits per heavy atom. The average Bonchev–Trinajstić information content (AvgIpc) is 2.39. The predicted molar refractivity (Wildman–Crippen MR) is 66.6 cm³/mol. The number of rotatable bonds is 4. The lowest BCUT2D eigenvalue weighted by atomic mass is 10.4. The summed E-state index contributed by atoms with van der Waals surface area (Å²) in [5.74, 6) is 0.156. The van der Waals surface area contributed by atoms with Gasteiger partial charge >= 0.3 is 0 Å². The predicted octanol–water partition coefficient (Wildman–Crippen LogP) is 0.714. The molecular formula is C10H11N5O2S. The first kappa shape index (κ1) is 12.2. The second kappa shape index (κ2) is 4.96. The van der Waals surface area contributed by atoms with E-state index < -0.39 is 10.0 Å². The van der Waals surface area contributed by atoms with E-state index in [1.165, 1.54) is 31.0 Å². The van der Waals surface area contributed by atoms with Gasteiger partial charge in [0.2, 0.25) is 0 Å². The fourth-order valence-corrected chi connectivity index (χ4v) is 2.50. The van der Waals surface area contributed by atoms with Crippen molar-refractivity contribution in [3.05, 3.63) is 37.1 Å². The van der Waals surface area contributed by atoms with E-state index in [9.17, 15) is 8.42 Å². The molecular weight excluding hydrogens is 254 g/mol. The number of hydrogen-bond acceptors (Lipinski definition) is 6. The molecule has 18 heavy (non-hydrogen) atoms. The maximum absolute atomic E-state index is 12.1. The van der Waals surface area contributed by atoms with E-state index in [1.54, 1.807) is 13.1 Å². The van der Waals surface area contributed by atoms with E-state index >= 15 is 0 Å². The largest absolute Gasteiger partial charge is 0.387 e. The van der Waals surface area contributed by atoms with Gasteiger partial charge < -0.3 is 5.32 Å². The van der Waals surface area contributed by atoms with Crippen molar-refractivity contribution >= 4 is 21.5 Å². The molecule has 7 nitrogen and oxygen atoms in total. The van der Waals surface area contributed by atoms with Crippen molar-refractivity contribution in [2.75, 3.05) is 17.1 Å². The molecule has 0 bridgehead atoms. The quantitative estimate of drug-likeness (QED) is 0.845. The van der Waals surface area contributed by atoms with E-state index in [-0.39, 0.29) is 10.7 Å². The molecule has 0 fully saturated rings. The van der Waals surface area contributed by atoms with Gasteiger partial charge in [0.05, 0.1) is 11.9 Å². The minimum atomic E-state index is -3.73. The van der Waals surface area contributed by atoms with Crippen molar-refractivity contribution in [1.82, 2.24) is 15.0 Å². The number of nitrogens with one attached hydrogen (secondary N) is 2. The minimum Gasteiger partial charge on any atom is -0.387 e. The molecule has 0 aliphatic heterocycles. The van der Waals surface area contributed by atoms with Crippen LogP contribution in [0.25, 0.3) is 0 Å². The van der Waals surface area contributed by atoms with Crippen LogP contribution in [0.3, 0.4) is 0 Å². The molecule has 94 valence electrons. The zero-order chi connectivity index (χ0) is 13.0. The first-order valence-electron chi connectivity index (χ1n) is 5.04. The van der Waals surface area contributed by atoms with Crippen molar-refractivity contribution in [1.29, 1.82) is 0 Å². The van der Waals surface area contributed by atoms with Crippen LogP contribution in [0.15, 0.2) is 41.9 Å². The Kier molecular flexibility index (Phi) is 3.38. The Labute approximate surface area is 104 Å². The number of sulfonamides is 1. The molecule has 0 saturated carbocycles. The Hall–Kier alpha value is -2.22. The summed E-state index contributed by atoms with van der Waals surface area (Å²) in [6, 6.07) is 1.57. The van der Waals surface area contributed by atoms with Crippen LogP contribution in [0.4, 0.5) is 11.5 Å². The van der Waals surface area contributed by atoms with Gasteiger partial charge in [-0.25, -0.2) is 13.4 Å². The third kappa shape index (κ3) is 2.54. The normalized spacial score (nSPS) is 10.9. The van der Waals surface area contributed by atoms with Gasteiger partial charge in [-0.1, -0.05) is 0 Å². The van der Waals surface area contributed by atoms with Gasteiger partial charge in [-0.2, -0.15) is 0 Å². The summed E-state index contributed by atoms with van der Waals surface area (Å²) in [5, 5.41) is 2.79. The Bertz CT molecular complexity index is 630. The van der Waals surface area contributed by atoms with Crippen molar-refractivity contribution in [3.8, 4) is 0 Å². The molecule has 0 atom stereocenters. The monoisotopic (exact) mass is 265 g/mol. The molecule has 8 heteroatoms. The summed E-state index contributed by atoms with van der Waals surface area (Å²) < 4.78 is 26.6. The zero-order valence-electron chi connectivity index (χ0n) is 9.53. The fraction of sp³-hybridized carbons (Fsp3) is 0.100. The van der Waals surface area contributed by atoms with Crippen LogP contribution in [0, 0.1) is 0 Å². The van der Waals surface area contributed by atoms with E-state index in [0.29, 0.717) is 5.69 Å². The zero-order valence-corrected chi connectivity index (χ0v) is 10.3. The lowest BCUT2D eigenvalue weighted by molar-refractivity contribution is 0.601. The minimum absolute atomic E-state index is 0.0538. The van der Waals surface area contributed by atoms with E-state index in [0.717, 1.165) is 0 Å². The second-order valence-corrected chi connectivity index (χ2v) is 4.97. The van der Waals surface area contributed by atoms with Crippen LogP contribution in [0.5, 0.6) is 0 Å². The number of hydrogen-bond donors (Lipinski definition) is 2. The third-order valence-corrected chi connectivity index (χ3v) is 3.53. The van der Waals surface area contributed by atoms with Crippen molar-refractivity contribution in [2.45, 2.75) is 4.90 Å². The molecule has 2 aromatic heterocycles. The summed E-state index contributed by atoms with van der Waals surface area (Å²) in [6.07, 6.45) is 6.96. The fourth-order valence-electron chi connectivity index (χ4n) is 1.35. The van der Waals surface area contributed by atoms with Crippen LogP contribution in [0.2, 0.25) is 0 Å². The molecule has 0 spiro atoms. The summed E-state index contributed by atoms with van der Waals surface area (Å²) in [5.41, 5.74) is 0.460. The van der Waals surface area contributed by atoms with Gasteiger partial charge in [0, 0.05) is 31.8 Å². The Morgan fingerprint density at radius 1 is 1.11 bits per heavy atom. The van der Waals surface area contributed by atoms with Crippen LogP contribution < -0.4 is 10.0 Å². The highest BCUT2D eigenvalue weighted by molar-refractivity contribution is 7.92. The molecule has 2 N–H and O–H groups in total. The number of aromatic nitrogens is 3. The van der Waals surface area contributed by atoms with E-state index in [4.69, 9.17) is 0 Å². The molecule has 0 amide bonds. The van der Waals surface area contributed by atoms with Crippen molar-refractivity contribution in [2.24, 2.45) is 0 Å². The maximum Gasteiger partial charge on any atom is 0.266 e. The number of anilines is 2. The van der Waals surface area contributed by atoms with Gasteiger partial charge in [-0.15, -0.1) is 0 Å². The van der Waals surface area contributed by atoms with Crippen LogP contribution >= 0.6 is 0 Å². The van der Waals surface area contributed by atoms with E-state index in [1.807, 2.05) is 0 Å². The third-order valence-electron chi connectivity index (χ3n) is 2.15. The molecule has 2 heterocycles. The first-order chi connectivity index (χ1) is 8.63. The molecule has 0 aliphatic rings. The SMILES string of the molecule is CNc1ccncc1S(=O)(=O)Nc1cnccn1. The smallest absolute Gasteiger partial charge is 0.266 e. The summed E-state index contributed by atoms with van der Waals surface area (Å²) in [7, 11) is -2.10. The molecule has 0 aromatic carbocycles. The van der Waals surface area contributed by atoms with Crippen molar-refractivity contribution < 1.29 is 8.42 Å². The Morgan fingerprint density at radius 2 is 1.89 bits per heavy atom. The number of nitrogens with zero attached hydrogens (tertiary/aromatic N) is 3. The van der Waals surface area contributed by atoms with Crippen molar-refractivity contribution in [3.63, 3.8) is 0 Å². The molecule has 0 unspecified atom stereocenters. The highest BCUT2D eigenvalue weighted by atomic mass is 32.2. The number of pyridine rings is 1. The molecule has 0 radical (unpaired) electrons. The molecule has 0 aliphatic carbocycles. The molecule has 2 aromatic rings. The van der Waals surface area contributed by atoms with Crippen LogP contribution in [-0.2, 0) is 10.0 Å². The Balaban J connectivity index is 2.37. The lowest BCUT2D eigenvalue weighted by Crippen LogP contribution is -2.15. The van der Waals surface area contributed by atoms with Gasteiger partial charge in [0.15, 0.2) is 5.82 Å². The second-order valence-electron chi connectivity index (χ2n) is 3.32. The lowest BCUT2D eigenvalue weighted by Gasteiger charge is -2.10. The van der Waals surface area contributed by atoms with Crippen LogP contribution in [0.1, 0.15) is 0 Å². The van der Waals surface area contributed by atoms with Gasteiger partial charge in [0.1, 0.15) is 4.90 Å². The standard InChI is InChI=1S/C10H11N5O2S/c1-11-8-2-3-12-6-9(8)18(16,17)15-10-7-13-4-5-14-10/h2-7H,1H3,(H,11,12)(H,14,15). The molecule has 2 rings (SSSR count).